The third-order valence-electron chi connectivity index (χ3n) is 3.98. The molecule has 3 rings (SSSR count). The van der Waals surface area contributed by atoms with E-state index in [2.05, 4.69) is 46.9 Å². The van der Waals surface area contributed by atoms with E-state index < -0.39 is 0 Å². The van der Waals surface area contributed by atoms with Gasteiger partial charge in [0.25, 0.3) is 0 Å². The summed E-state index contributed by atoms with van der Waals surface area (Å²) in [6.45, 7) is 2.78. The van der Waals surface area contributed by atoms with Crippen LogP contribution in [0.1, 0.15) is 11.1 Å². The molecule has 0 bridgehead atoms. The van der Waals surface area contributed by atoms with E-state index in [0.29, 0.717) is 23.2 Å². The molecule has 0 aliphatic heterocycles. The molecule has 1 aromatic heterocycles. The average Bonchev–Trinajstić information content (AvgIpc) is 3.08. The van der Waals surface area contributed by atoms with Crippen molar-refractivity contribution in [3.05, 3.63) is 66.0 Å². The first kappa shape index (κ1) is 18.7. The summed E-state index contributed by atoms with van der Waals surface area (Å²) >= 11 is 5.40. The predicted octanol–water partition coefficient (Wildman–Crippen LogP) is 4.07. The SMILES string of the molecule is COc1ccc(NC(=S)Nc2cnn(Cc3cccc(C)c3)c2)c(OC)c1. The predicted molar refractivity (Wildman–Crippen MR) is 112 cm³/mol. The number of methoxy groups -OCH3 is 2. The molecule has 2 N–H and O–H groups in total. The van der Waals surface area contributed by atoms with Crippen LogP contribution in [-0.2, 0) is 6.54 Å². The molecule has 3 aromatic rings. The maximum Gasteiger partial charge on any atom is 0.175 e. The Balaban J connectivity index is 1.63. The number of thiocarbonyl (C=S) groups is 1. The molecule has 27 heavy (non-hydrogen) atoms. The zero-order valence-electron chi connectivity index (χ0n) is 15.5. The number of rotatable bonds is 6. The zero-order valence-corrected chi connectivity index (χ0v) is 16.3. The maximum atomic E-state index is 5.40. The molecule has 0 radical (unpaired) electrons. The van der Waals surface area contributed by atoms with Crippen LogP contribution in [0.15, 0.2) is 54.9 Å². The zero-order chi connectivity index (χ0) is 19.2. The highest BCUT2D eigenvalue weighted by Crippen LogP contribution is 2.29. The van der Waals surface area contributed by atoms with Crippen molar-refractivity contribution in [1.29, 1.82) is 0 Å². The second-order valence-electron chi connectivity index (χ2n) is 6.06. The Kier molecular flexibility index (Phi) is 5.93. The molecule has 0 saturated carbocycles. The third-order valence-corrected chi connectivity index (χ3v) is 4.18. The first-order valence-electron chi connectivity index (χ1n) is 8.45. The lowest BCUT2D eigenvalue weighted by molar-refractivity contribution is 0.395. The van der Waals surface area contributed by atoms with Crippen molar-refractivity contribution < 1.29 is 9.47 Å². The van der Waals surface area contributed by atoms with Crippen molar-refractivity contribution in [2.75, 3.05) is 24.9 Å². The van der Waals surface area contributed by atoms with Crippen molar-refractivity contribution in [2.24, 2.45) is 0 Å². The highest BCUT2D eigenvalue weighted by atomic mass is 32.1. The number of aromatic nitrogens is 2. The molecule has 1 heterocycles. The highest BCUT2D eigenvalue weighted by molar-refractivity contribution is 7.80. The van der Waals surface area contributed by atoms with Gasteiger partial charge in [-0.05, 0) is 36.8 Å². The standard InChI is InChI=1S/C20H22N4O2S/c1-14-5-4-6-15(9-14)12-24-13-16(11-21-24)22-20(27)23-18-8-7-17(25-2)10-19(18)26-3/h4-11,13H,12H2,1-3H3,(H2,22,23,27). The summed E-state index contributed by atoms with van der Waals surface area (Å²) in [6, 6.07) is 13.9. The lowest BCUT2D eigenvalue weighted by Gasteiger charge is -2.13. The number of aryl methyl sites for hydroxylation is 1. The van der Waals surface area contributed by atoms with Crippen LogP contribution in [-0.4, -0.2) is 29.1 Å². The maximum absolute atomic E-state index is 5.40. The molecule has 140 valence electrons. The molecular weight excluding hydrogens is 360 g/mol. The van der Waals surface area contributed by atoms with Crippen LogP contribution in [0.4, 0.5) is 11.4 Å². The molecule has 6 nitrogen and oxygen atoms in total. The van der Waals surface area contributed by atoms with Gasteiger partial charge >= 0.3 is 0 Å². The number of anilines is 2. The van der Waals surface area contributed by atoms with Gasteiger partial charge in [0, 0.05) is 12.3 Å². The summed E-state index contributed by atoms with van der Waals surface area (Å²) in [5.41, 5.74) is 4.00. The summed E-state index contributed by atoms with van der Waals surface area (Å²) in [5.74, 6) is 1.36. The number of nitrogens with zero attached hydrogens (tertiary/aromatic N) is 2. The molecule has 0 saturated heterocycles. The van der Waals surface area contributed by atoms with E-state index in [0.717, 1.165) is 11.4 Å². The summed E-state index contributed by atoms with van der Waals surface area (Å²) in [7, 11) is 3.22. The van der Waals surface area contributed by atoms with Crippen molar-refractivity contribution in [2.45, 2.75) is 13.5 Å². The monoisotopic (exact) mass is 382 g/mol. The lowest BCUT2D eigenvalue weighted by atomic mass is 10.1. The number of hydrogen-bond acceptors (Lipinski definition) is 4. The van der Waals surface area contributed by atoms with E-state index in [4.69, 9.17) is 21.7 Å². The minimum Gasteiger partial charge on any atom is -0.497 e. The first-order chi connectivity index (χ1) is 13.1. The van der Waals surface area contributed by atoms with Crippen LogP contribution < -0.4 is 20.1 Å². The Bertz CT molecular complexity index is 939. The minimum absolute atomic E-state index is 0.452. The van der Waals surface area contributed by atoms with Gasteiger partial charge in [-0.3, -0.25) is 4.68 Å². The molecular formula is C20H22N4O2S. The molecule has 0 spiro atoms. The van der Waals surface area contributed by atoms with E-state index in [1.807, 2.05) is 23.0 Å². The van der Waals surface area contributed by atoms with E-state index in [9.17, 15) is 0 Å². The Hall–Kier alpha value is -3.06. The second kappa shape index (κ2) is 8.55. The van der Waals surface area contributed by atoms with Crippen LogP contribution in [0.25, 0.3) is 0 Å². The Morgan fingerprint density at radius 2 is 1.96 bits per heavy atom. The van der Waals surface area contributed by atoms with E-state index in [-0.39, 0.29) is 0 Å². The third kappa shape index (κ3) is 4.98. The molecule has 0 atom stereocenters. The lowest BCUT2D eigenvalue weighted by Crippen LogP contribution is -2.19. The number of ether oxygens (including phenoxy) is 2. The molecule has 2 aromatic carbocycles. The summed E-state index contributed by atoms with van der Waals surface area (Å²) in [5, 5.41) is 11.1. The molecule has 0 aliphatic carbocycles. The smallest absolute Gasteiger partial charge is 0.175 e. The van der Waals surface area contributed by atoms with Gasteiger partial charge in [0.15, 0.2) is 5.11 Å². The Labute approximate surface area is 164 Å². The quantitative estimate of drug-likeness (QED) is 0.627. The fraction of sp³-hybridized carbons (Fsp3) is 0.200. The van der Waals surface area contributed by atoms with Crippen LogP contribution >= 0.6 is 12.2 Å². The number of nitrogens with one attached hydrogen (secondary N) is 2. The van der Waals surface area contributed by atoms with Crippen LogP contribution in [0.5, 0.6) is 11.5 Å². The normalized spacial score (nSPS) is 10.3. The second-order valence-corrected chi connectivity index (χ2v) is 6.47. The number of benzene rings is 2. The Morgan fingerprint density at radius 3 is 2.70 bits per heavy atom. The van der Waals surface area contributed by atoms with Crippen molar-refractivity contribution in [3.63, 3.8) is 0 Å². The molecule has 7 heteroatoms. The van der Waals surface area contributed by atoms with Gasteiger partial charge in [-0.25, -0.2) is 0 Å². The topological polar surface area (TPSA) is 60.3 Å². The largest absolute Gasteiger partial charge is 0.497 e. The van der Waals surface area contributed by atoms with E-state index >= 15 is 0 Å². The first-order valence-corrected chi connectivity index (χ1v) is 8.86. The molecule has 0 amide bonds. The van der Waals surface area contributed by atoms with Gasteiger partial charge in [0.05, 0.1) is 38.3 Å². The molecule has 0 unspecified atom stereocenters. The molecule has 0 fully saturated rings. The van der Waals surface area contributed by atoms with Crippen LogP contribution in [0.3, 0.4) is 0 Å². The van der Waals surface area contributed by atoms with Gasteiger partial charge in [0.2, 0.25) is 0 Å². The minimum atomic E-state index is 0.452. The van der Waals surface area contributed by atoms with Crippen molar-refractivity contribution in [1.82, 2.24) is 9.78 Å². The fourth-order valence-corrected chi connectivity index (χ4v) is 2.93. The van der Waals surface area contributed by atoms with Gasteiger partial charge in [0.1, 0.15) is 11.5 Å². The number of hydrogen-bond donors (Lipinski definition) is 2. The van der Waals surface area contributed by atoms with Crippen molar-refractivity contribution in [3.8, 4) is 11.5 Å². The summed E-state index contributed by atoms with van der Waals surface area (Å²) in [4.78, 5) is 0. The summed E-state index contributed by atoms with van der Waals surface area (Å²) in [6.07, 6.45) is 3.66. The van der Waals surface area contributed by atoms with Gasteiger partial charge in [-0.15, -0.1) is 0 Å². The highest BCUT2D eigenvalue weighted by Gasteiger charge is 2.08. The van der Waals surface area contributed by atoms with Gasteiger partial charge in [-0.1, -0.05) is 29.8 Å². The fourth-order valence-electron chi connectivity index (χ4n) is 2.70. The van der Waals surface area contributed by atoms with Gasteiger partial charge < -0.3 is 20.1 Å². The summed E-state index contributed by atoms with van der Waals surface area (Å²) < 4.78 is 12.4. The molecule has 0 aliphatic rings. The van der Waals surface area contributed by atoms with E-state index in [1.165, 1.54) is 11.1 Å². The average molecular weight is 382 g/mol. The van der Waals surface area contributed by atoms with E-state index in [1.54, 1.807) is 26.5 Å². The van der Waals surface area contributed by atoms with Crippen LogP contribution in [0, 0.1) is 6.92 Å². The van der Waals surface area contributed by atoms with Crippen molar-refractivity contribution >= 4 is 28.7 Å². The van der Waals surface area contributed by atoms with Gasteiger partial charge in [-0.2, -0.15) is 5.10 Å². The van der Waals surface area contributed by atoms with Crippen LogP contribution in [0.2, 0.25) is 0 Å². The Morgan fingerprint density at radius 1 is 1.11 bits per heavy atom.